The van der Waals surface area contributed by atoms with E-state index in [2.05, 4.69) is 27.8 Å². The third kappa shape index (κ3) is 16.7. The molecule has 0 saturated heterocycles. The van der Waals surface area contributed by atoms with E-state index in [0.717, 1.165) is 12.0 Å². The third-order valence-electron chi connectivity index (χ3n) is 7.59. The summed E-state index contributed by atoms with van der Waals surface area (Å²) < 4.78 is 16.5. The van der Waals surface area contributed by atoms with Gasteiger partial charge in [-0.25, -0.2) is 0 Å². The summed E-state index contributed by atoms with van der Waals surface area (Å²) in [5.74, 6) is -1.20. The number of rotatable bonds is 25. The molecule has 1 heterocycles. The number of hydrogen-bond acceptors (Lipinski definition) is 9. The zero-order valence-corrected chi connectivity index (χ0v) is 29.7. The van der Waals surface area contributed by atoms with Crippen molar-refractivity contribution in [3.8, 4) is 0 Å². The van der Waals surface area contributed by atoms with Crippen molar-refractivity contribution in [1.29, 1.82) is 0 Å². The van der Waals surface area contributed by atoms with Gasteiger partial charge in [-0.1, -0.05) is 52.8 Å². The van der Waals surface area contributed by atoms with E-state index in [1.807, 2.05) is 26.0 Å². The first kappa shape index (κ1) is 41.6. The van der Waals surface area contributed by atoms with Gasteiger partial charge in [0.2, 0.25) is 23.6 Å². The summed E-state index contributed by atoms with van der Waals surface area (Å²) in [5, 5.41) is 10.8. The van der Waals surface area contributed by atoms with Crippen molar-refractivity contribution in [3.05, 3.63) is 54.3 Å². The summed E-state index contributed by atoms with van der Waals surface area (Å²) in [6.45, 7) is 13.3. The van der Waals surface area contributed by atoms with Crippen molar-refractivity contribution in [2.24, 2.45) is 11.8 Å². The van der Waals surface area contributed by atoms with Gasteiger partial charge < -0.3 is 35.5 Å². The number of ether oxygens (including phenoxy) is 3. The van der Waals surface area contributed by atoms with Crippen molar-refractivity contribution in [1.82, 2.24) is 20.9 Å². The Morgan fingerprint density at radius 2 is 1.44 bits per heavy atom. The topological polar surface area (TPSA) is 181 Å². The molecule has 0 saturated carbocycles. The van der Waals surface area contributed by atoms with Crippen molar-refractivity contribution in [2.75, 3.05) is 51.4 Å². The van der Waals surface area contributed by atoms with Gasteiger partial charge in [0.05, 0.1) is 38.7 Å². The Labute approximate surface area is 294 Å². The summed E-state index contributed by atoms with van der Waals surface area (Å²) in [7, 11) is 0. The van der Waals surface area contributed by atoms with Crippen LogP contribution in [0.3, 0.4) is 0 Å². The number of nitrogens with zero attached hydrogens (tertiary/aromatic N) is 1. The second kappa shape index (κ2) is 23.0. The van der Waals surface area contributed by atoms with E-state index in [-0.39, 0.29) is 68.3 Å². The van der Waals surface area contributed by atoms with Gasteiger partial charge in [0, 0.05) is 49.7 Å². The Morgan fingerprint density at radius 1 is 0.780 bits per heavy atom. The fraction of sp³-hybridized carbons (Fsp3) is 0.556. The van der Waals surface area contributed by atoms with Crippen molar-refractivity contribution in [3.63, 3.8) is 0 Å². The first-order valence-electron chi connectivity index (χ1n) is 17.1. The van der Waals surface area contributed by atoms with E-state index in [0.29, 0.717) is 57.0 Å². The number of amides is 6. The summed E-state index contributed by atoms with van der Waals surface area (Å²) in [6.07, 6.45) is 4.94. The molecule has 6 amide bonds. The van der Waals surface area contributed by atoms with Crippen LogP contribution in [0.1, 0.15) is 65.4 Å². The van der Waals surface area contributed by atoms with Gasteiger partial charge in [-0.3, -0.25) is 33.7 Å². The number of benzene rings is 1. The minimum Gasteiger partial charge on any atom is -0.494 e. The fourth-order valence-electron chi connectivity index (χ4n) is 4.51. The Kier molecular flexibility index (Phi) is 19.1. The van der Waals surface area contributed by atoms with Crippen LogP contribution in [0.15, 0.2) is 48.8 Å². The van der Waals surface area contributed by atoms with Crippen molar-refractivity contribution >= 4 is 41.1 Å². The number of hydrogen-bond donors (Lipinski definition) is 4. The lowest BCUT2D eigenvalue weighted by molar-refractivity contribution is -0.137. The van der Waals surface area contributed by atoms with Crippen LogP contribution in [0.5, 0.6) is 0 Å². The number of allylic oxidation sites excluding steroid dienone is 1. The van der Waals surface area contributed by atoms with Crippen molar-refractivity contribution in [2.45, 2.75) is 72.4 Å². The predicted octanol–water partition coefficient (Wildman–Crippen LogP) is 2.59. The maximum Gasteiger partial charge on any atom is 0.253 e. The Morgan fingerprint density at radius 3 is 2.08 bits per heavy atom. The molecule has 1 aromatic rings. The molecule has 0 aromatic heterocycles. The number of nitrogens with one attached hydrogen (secondary N) is 4. The van der Waals surface area contributed by atoms with Crippen LogP contribution in [-0.4, -0.2) is 92.4 Å². The molecule has 4 N–H and O–H groups in total. The monoisotopic (exact) mass is 699 g/mol. The van der Waals surface area contributed by atoms with Gasteiger partial charge in [0.1, 0.15) is 12.6 Å². The van der Waals surface area contributed by atoms with Gasteiger partial charge in [-0.2, -0.15) is 0 Å². The smallest absolute Gasteiger partial charge is 0.253 e. The number of unbranched alkanes of at least 4 members (excludes halogenated alkanes) is 2. The zero-order chi connectivity index (χ0) is 36.9. The molecule has 1 atom stereocenters. The van der Waals surface area contributed by atoms with Crippen LogP contribution in [0.4, 0.5) is 5.69 Å². The largest absolute Gasteiger partial charge is 0.494 e. The minimum absolute atomic E-state index is 0.0429. The number of carbonyl (C=O) groups is 6. The molecule has 0 bridgehead atoms. The average molecular weight is 700 g/mol. The standard InChI is InChI=1S/C36H53N5O9/c1-25(2)27(5)50-24-28-10-12-29(13-11-28)39-32(44)23-38-36(47)35(26(3)4)40-31(43)16-19-48-21-22-49-20-17-37-30(42)9-7-6-8-18-41-33(45)14-15-34(41)46/h10-15,25-26,35H,5-9,16-24H2,1-4H3,(H,37,42)(H,38,47)(H,39,44)(H,40,43). The van der Waals surface area contributed by atoms with Gasteiger partial charge >= 0.3 is 0 Å². The molecule has 1 unspecified atom stereocenters. The highest BCUT2D eigenvalue weighted by Crippen LogP contribution is 2.15. The lowest BCUT2D eigenvalue weighted by atomic mass is 10.0. The normalized spacial score (nSPS) is 13.0. The van der Waals surface area contributed by atoms with Gasteiger partial charge in [0.15, 0.2) is 0 Å². The van der Waals surface area contributed by atoms with Gasteiger partial charge in [-0.15, -0.1) is 0 Å². The number of carbonyl (C=O) groups excluding carboxylic acids is 6. The Bertz CT molecular complexity index is 1310. The summed E-state index contributed by atoms with van der Waals surface area (Å²) >= 11 is 0. The molecule has 0 spiro atoms. The molecule has 2 rings (SSSR count). The highest BCUT2D eigenvalue weighted by Gasteiger charge is 2.25. The van der Waals surface area contributed by atoms with Gasteiger partial charge in [-0.05, 0) is 36.5 Å². The average Bonchev–Trinajstić information content (AvgIpc) is 3.40. The molecule has 1 aliphatic heterocycles. The summed E-state index contributed by atoms with van der Waals surface area (Å²) in [5.41, 5.74) is 1.51. The molecule has 1 aromatic carbocycles. The third-order valence-corrected chi connectivity index (χ3v) is 7.59. The molecule has 0 aliphatic carbocycles. The zero-order valence-electron chi connectivity index (χ0n) is 29.7. The lowest BCUT2D eigenvalue weighted by Crippen LogP contribution is -2.51. The summed E-state index contributed by atoms with van der Waals surface area (Å²) in [6, 6.07) is 6.35. The molecular weight excluding hydrogens is 646 g/mol. The number of anilines is 1. The van der Waals surface area contributed by atoms with E-state index in [9.17, 15) is 28.8 Å². The maximum absolute atomic E-state index is 12.8. The van der Waals surface area contributed by atoms with Crippen LogP contribution < -0.4 is 21.3 Å². The fourth-order valence-corrected chi connectivity index (χ4v) is 4.51. The van der Waals surface area contributed by atoms with E-state index in [1.165, 1.54) is 17.1 Å². The highest BCUT2D eigenvalue weighted by molar-refractivity contribution is 6.12. The molecular formula is C36H53N5O9. The van der Waals surface area contributed by atoms with Crippen LogP contribution in [0.2, 0.25) is 0 Å². The van der Waals surface area contributed by atoms with Crippen LogP contribution in [0, 0.1) is 11.8 Å². The number of imide groups is 1. The predicted molar refractivity (Wildman–Crippen MR) is 187 cm³/mol. The SMILES string of the molecule is C=C(OCc1ccc(NC(=O)CNC(=O)C(NC(=O)CCOCCOCCNC(=O)CCCCCN2C(=O)C=CC2=O)C(C)C)cc1)C(C)C. The van der Waals surface area contributed by atoms with E-state index in [1.54, 1.807) is 26.0 Å². The second-order valence-electron chi connectivity index (χ2n) is 12.5. The van der Waals surface area contributed by atoms with Crippen molar-refractivity contribution < 1.29 is 43.0 Å². The molecule has 50 heavy (non-hydrogen) atoms. The van der Waals surface area contributed by atoms with Crippen LogP contribution in [0.25, 0.3) is 0 Å². The van der Waals surface area contributed by atoms with Crippen LogP contribution >= 0.6 is 0 Å². The molecule has 276 valence electrons. The minimum atomic E-state index is -0.822. The Balaban J connectivity index is 1.50. The molecule has 14 nitrogen and oxygen atoms in total. The summed E-state index contributed by atoms with van der Waals surface area (Å²) in [4.78, 5) is 73.8. The molecule has 0 fully saturated rings. The molecule has 1 aliphatic rings. The molecule has 14 heteroatoms. The Hall–Kier alpha value is -4.56. The van der Waals surface area contributed by atoms with Crippen LogP contribution in [-0.2, 0) is 49.6 Å². The lowest BCUT2D eigenvalue weighted by Gasteiger charge is -2.21. The second-order valence-corrected chi connectivity index (χ2v) is 12.5. The molecule has 0 radical (unpaired) electrons. The van der Waals surface area contributed by atoms with E-state index >= 15 is 0 Å². The van der Waals surface area contributed by atoms with E-state index in [4.69, 9.17) is 14.2 Å². The highest BCUT2D eigenvalue weighted by atomic mass is 16.5. The first-order chi connectivity index (χ1) is 23.9. The first-order valence-corrected chi connectivity index (χ1v) is 17.1. The van der Waals surface area contributed by atoms with E-state index < -0.39 is 17.9 Å². The van der Waals surface area contributed by atoms with Gasteiger partial charge in [0.25, 0.3) is 11.8 Å². The quantitative estimate of drug-likeness (QED) is 0.0678. The maximum atomic E-state index is 12.8.